The van der Waals surface area contributed by atoms with Crippen LogP contribution in [0.25, 0.3) is 0 Å². The Hall–Kier alpha value is -3.39. The summed E-state index contributed by atoms with van der Waals surface area (Å²) in [5.74, 6) is 1.35. The molecule has 1 N–H and O–H groups in total. The van der Waals surface area contributed by atoms with Gasteiger partial charge >= 0.3 is 6.03 Å². The Morgan fingerprint density at radius 1 is 0.792 bits per heavy atom. The van der Waals surface area contributed by atoms with Gasteiger partial charge in [0, 0.05) is 50.9 Å². The Balaban J connectivity index is 1.09. The number of rotatable bonds is 9. The molecule has 6 rings (SSSR count). The van der Waals surface area contributed by atoms with Gasteiger partial charge < -0.3 is 24.9 Å². The molecular formula is C40H57N5O3. The summed E-state index contributed by atoms with van der Waals surface area (Å²) >= 11 is 0. The van der Waals surface area contributed by atoms with E-state index in [1.165, 1.54) is 37.1 Å². The SMILES string of the molecule is CCc1ccc(C[C@@H](CC(=O)N2CCC(N3CCc4ccccc4NC3=O)CC2)C(=O)N2CCC(C3CCN(C)CC3)CC2)cc1CC. The molecule has 3 fully saturated rings. The molecule has 4 aliphatic rings. The number of hydrogen-bond acceptors (Lipinski definition) is 4. The number of carbonyl (C=O) groups is 3. The van der Waals surface area contributed by atoms with Crippen LogP contribution in [0.5, 0.6) is 0 Å². The average Bonchev–Trinajstić information content (AvgIpc) is 3.29. The van der Waals surface area contributed by atoms with Crippen LogP contribution < -0.4 is 5.32 Å². The van der Waals surface area contributed by atoms with Gasteiger partial charge in [0.25, 0.3) is 0 Å². The first-order chi connectivity index (χ1) is 23.3. The van der Waals surface area contributed by atoms with Crippen LogP contribution in [0.1, 0.15) is 81.0 Å². The van der Waals surface area contributed by atoms with E-state index >= 15 is 0 Å². The molecule has 4 heterocycles. The molecule has 2 aromatic rings. The minimum Gasteiger partial charge on any atom is -0.343 e. The van der Waals surface area contributed by atoms with Crippen LogP contribution in [0, 0.1) is 17.8 Å². The van der Waals surface area contributed by atoms with E-state index in [0.717, 1.165) is 80.8 Å². The largest absolute Gasteiger partial charge is 0.343 e. The molecule has 3 saturated heterocycles. The van der Waals surface area contributed by atoms with Crippen molar-refractivity contribution in [3.63, 3.8) is 0 Å². The second kappa shape index (κ2) is 15.9. The predicted octanol–water partition coefficient (Wildman–Crippen LogP) is 6.02. The van der Waals surface area contributed by atoms with Crippen molar-refractivity contribution in [2.45, 2.75) is 90.5 Å². The molecule has 8 nitrogen and oxygen atoms in total. The summed E-state index contributed by atoms with van der Waals surface area (Å²) in [6.07, 6.45) is 9.85. The second-order valence-corrected chi connectivity index (χ2v) is 14.9. The van der Waals surface area contributed by atoms with Crippen molar-refractivity contribution in [3.05, 3.63) is 64.7 Å². The molecular weight excluding hydrogens is 598 g/mol. The topological polar surface area (TPSA) is 76.2 Å². The van der Waals surface area contributed by atoms with Crippen molar-refractivity contribution < 1.29 is 14.4 Å². The lowest BCUT2D eigenvalue weighted by Crippen LogP contribution is -2.50. The van der Waals surface area contributed by atoms with Crippen LogP contribution in [0.3, 0.4) is 0 Å². The molecule has 48 heavy (non-hydrogen) atoms. The quantitative estimate of drug-likeness (QED) is 0.359. The fraction of sp³-hybridized carbons (Fsp3) is 0.625. The molecule has 8 heteroatoms. The van der Waals surface area contributed by atoms with E-state index in [1.807, 2.05) is 28.0 Å². The van der Waals surface area contributed by atoms with Crippen LogP contribution >= 0.6 is 0 Å². The summed E-state index contributed by atoms with van der Waals surface area (Å²) in [6, 6.07) is 14.7. The maximum Gasteiger partial charge on any atom is 0.322 e. The van der Waals surface area contributed by atoms with Gasteiger partial charge in [-0.1, -0.05) is 50.2 Å². The molecule has 4 amide bonds. The Bertz CT molecular complexity index is 1420. The van der Waals surface area contributed by atoms with Gasteiger partial charge in [-0.3, -0.25) is 9.59 Å². The molecule has 0 bridgehead atoms. The maximum absolute atomic E-state index is 14.2. The number of piperidine rings is 3. The van der Waals surface area contributed by atoms with Crippen LogP contribution in [0.4, 0.5) is 10.5 Å². The van der Waals surface area contributed by atoms with E-state index in [0.29, 0.717) is 32.0 Å². The third-order valence-electron chi connectivity index (χ3n) is 12.0. The maximum atomic E-state index is 14.2. The molecule has 0 aromatic heterocycles. The van der Waals surface area contributed by atoms with Gasteiger partial charge in [-0.25, -0.2) is 4.79 Å². The number of amides is 4. The predicted molar refractivity (Wildman–Crippen MR) is 192 cm³/mol. The van der Waals surface area contributed by atoms with Crippen LogP contribution in [0.2, 0.25) is 0 Å². The highest BCUT2D eigenvalue weighted by molar-refractivity contribution is 5.91. The van der Waals surface area contributed by atoms with Crippen molar-refractivity contribution in [2.75, 3.05) is 58.2 Å². The second-order valence-electron chi connectivity index (χ2n) is 14.9. The normalized spacial score (nSPS) is 21.1. The summed E-state index contributed by atoms with van der Waals surface area (Å²) in [4.78, 5) is 49.7. The summed E-state index contributed by atoms with van der Waals surface area (Å²) in [6.45, 7) is 10.3. The zero-order valence-electron chi connectivity index (χ0n) is 29.6. The Morgan fingerprint density at radius 2 is 1.44 bits per heavy atom. The summed E-state index contributed by atoms with van der Waals surface area (Å²) < 4.78 is 0. The van der Waals surface area contributed by atoms with Gasteiger partial charge in [0.05, 0.1) is 5.92 Å². The lowest BCUT2D eigenvalue weighted by Gasteiger charge is -2.40. The van der Waals surface area contributed by atoms with E-state index in [4.69, 9.17) is 0 Å². The number of aryl methyl sites for hydroxylation is 2. The Labute approximate surface area is 288 Å². The number of likely N-dealkylation sites (tertiary alicyclic amines) is 3. The third kappa shape index (κ3) is 8.07. The number of fused-ring (bicyclic) bond motifs is 1. The number of benzene rings is 2. The number of nitrogens with zero attached hydrogens (tertiary/aromatic N) is 4. The number of para-hydroxylation sites is 1. The highest BCUT2D eigenvalue weighted by Crippen LogP contribution is 2.33. The van der Waals surface area contributed by atoms with Gasteiger partial charge in [0.2, 0.25) is 11.8 Å². The van der Waals surface area contributed by atoms with Gasteiger partial charge in [-0.2, -0.15) is 0 Å². The molecule has 0 spiro atoms. The zero-order valence-corrected chi connectivity index (χ0v) is 29.6. The van der Waals surface area contributed by atoms with Gasteiger partial charge in [-0.05, 0) is 125 Å². The lowest BCUT2D eigenvalue weighted by molar-refractivity contribution is -0.143. The molecule has 2 aromatic carbocycles. The summed E-state index contributed by atoms with van der Waals surface area (Å²) in [5.41, 5.74) is 5.92. The van der Waals surface area contributed by atoms with Crippen molar-refractivity contribution in [3.8, 4) is 0 Å². The highest BCUT2D eigenvalue weighted by atomic mass is 16.2. The lowest BCUT2D eigenvalue weighted by atomic mass is 9.78. The van der Waals surface area contributed by atoms with E-state index in [9.17, 15) is 14.4 Å². The van der Waals surface area contributed by atoms with Crippen molar-refractivity contribution in [2.24, 2.45) is 17.8 Å². The molecule has 260 valence electrons. The fourth-order valence-electron chi connectivity index (χ4n) is 8.87. The minimum absolute atomic E-state index is 0.0458. The third-order valence-corrected chi connectivity index (χ3v) is 12.0. The van der Waals surface area contributed by atoms with Gasteiger partial charge in [0.1, 0.15) is 0 Å². The Morgan fingerprint density at radius 3 is 2.12 bits per heavy atom. The molecule has 4 aliphatic heterocycles. The van der Waals surface area contributed by atoms with E-state index in [1.54, 1.807) is 0 Å². The van der Waals surface area contributed by atoms with Crippen molar-refractivity contribution in [1.29, 1.82) is 0 Å². The first-order valence-corrected chi connectivity index (χ1v) is 18.8. The van der Waals surface area contributed by atoms with Crippen LogP contribution in [0.15, 0.2) is 42.5 Å². The van der Waals surface area contributed by atoms with E-state index in [-0.39, 0.29) is 36.2 Å². The van der Waals surface area contributed by atoms with Crippen LogP contribution in [-0.2, 0) is 35.3 Å². The number of hydrogen-bond donors (Lipinski definition) is 1. The van der Waals surface area contributed by atoms with Crippen molar-refractivity contribution >= 4 is 23.5 Å². The van der Waals surface area contributed by atoms with Gasteiger partial charge in [0.15, 0.2) is 0 Å². The first kappa shape index (κ1) is 34.5. The van der Waals surface area contributed by atoms with Gasteiger partial charge in [-0.15, -0.1) is 0 Å². The molecule has 1 atom stereocenters. The molecule has 0 unspecified atom stereocenters. The van der Waals surface area contributed by atoms with Crippen LogP contribution in [-0.4, -0.2) is 96.3 Å². The van der Waals surface area contributed by atoms with Crippen molar-refractivity contribution in [1.82, 2.24) is 19.6 Å². The number of nitrogens with one attached hydrogen (secondary N) is 1. The molecule has 0 radical (unpaired) electrons. The molecule has 0 aliphatic carbocycles. The number of anilines is 1. The smallest absolute Gasteiger partial charge is 0.322 e. The summed E-state index contributed by atoms with van der Waals surface area (Å²) in [5, 5.41) is 3.10. The molecule has 0 saturated carbocycles. The minimum atomic E-state index is -0.359. The zero-order chi connectivity index (χ0) is 33.6. The average molecular weight is 656 g/mol. The summed E-state index contributed by atoms with van der Waals surface area (Å²) in [7, 11) is 2.22. The van der Waals surface area contributed by atoms with E-state index in [2.05, 4.69) is 60.3 Å². The standard InChI is InChI=1S/C40H57N5O3/c1-4-30-11-10-29(26-31(30)5-2)27-35(39(47)44-21-14-33(15-22-44)32-12-19-42(3)20-13-32)28-38(46)43-23-17-36(18-24-43)45-25-16-34-8-6-7-9-37(34)41-40(45)48/h6-11,26,32-33,35-36H,4-5,12-25,27-28H2,1-3H3,(H,41,48)/t35-/m0/s1. The first-order valence-electron chi connectivity index (χ1n) is 18.8. The fourth-order valence-corrected chi connectivity index (χ4v) is 8.87. The number of urea groups is 1. The number of carbonyl (C=O) groups excluding carboxylic acids is 3. The van der Waals surface area contributed by atoms with E-state index < -0.39 is 0 Å². The monoisotopic (exact) mass is 655 g/mol. The highest BCUT2D eigenvalue weighted by Gasteiger charge is 2.36. The Kier molecular flexibility index (Phi) is 11.4.